The van der Waals surface area contributed by atoms with Gasteiger partial charge >= 0.3 is 0 Å². The highest BCUT2D eigenvalue weighted by Gasteiger charge is 2.00. The van der Waals surface area contributed by atoms with Gasteiger partial charge in [0.15, 0.2) is 0 Å². The van der Waals surface area contributed by atoms with Crippen molar-refractivity contribution in [3.63, 3.8) is 0 Å². The van der Waals surface area contributed by atoms with Crippen LogP contribution in [0.25, 0.3) is 0 Å². The highest BCUT2D eigenvalue weighted by Crippen LogP contribution is 2.26. The van der Waals surface area contributed by atoms with Crippen molar-refractivity contribution >= 4 is 11.8 Å². The fourth-order valence-electron chi connectivity index (χ4n) is 0.713. The van der Waals surface area contributed by atoms with Crippen LogP contribution < -0.4 is 0 Å². The normalized spacial score (nSPS) is 18.2. The Morgan fingerprint density at radius 2 is 2.00 bits per heavy atom. The van der Waals surface area contributed by atoms with Crippen molar-refractivity contribution in [3.8, 4) is 0 Å². The van der Waals surface area contributed by atoms with Crippen LogP contribution in [0.1, 0.15) is 33.1 Å². The molecule has 0 aromatic carbocycles. The Morgan fingerprint density at radius 1 is 1.33 bits per heavy atom. The molecule has 0 aliphatic carbocycles. The van der Waals surface area contributed by atoms with Gasteiger partial charge in [0, 0.05) is 0 Å². The fourth-order valence-corrected chi connectivity index (χ4v) is 1.64. The zero-order valence-electron chi connectivity index (χ0n) is 6.44. The molecule has 0 aromatic rings. The lowest BCUT2D eigenvalue weighted by Crippen LogP contribution is -1.89. The van der Waals surface area contributed by atoms with E-state index < -0.39 is 0 Å². The first-order valence-electron chi connectivity index (χ1n) is 3.70. The molecule has 0 saturated carbocycles. The van der Waals surface area contributed by atoms with E-state index in [4.69, 9.17) is 0 Å². The number of rotatable bonds is 0. The first-order valence-corrected chi connectivity index (χ1v) is 4.69. The minimum Gasteiger partial charge on any atom is -0.131 e. The molecule has 1 saturated heterocycles. The summed E-state index contributed by atoms with van der Waals surface area (Å²) in [5, 5.41) is 0. The Hall–Kier alpha value is 0.0900. The fraction of sp³-hybridized carbons (Fsp3) is 0.750. The quantitative estimate of drug-likeness (QED) is 0.502. The molecular weight excluding hydrogens is 128 g/mol. The molecule has 1 heterocycles. The predicted molar refractivity (Wildman–Crippen MR) is 46.8 cm³/mol. The van der Waals surface area contributed by atoms with E-state index in [2.05, 4.69) is 6.58 Å². The van der Waals surface area contributed by atoms with E-state index >= 15 is 0 Å². The van der Waals surface area contributed by atoms with Gasteiger partial charge in [0.25, 0.3) is 0 Å². The van der Waals surface area contributed by atoms with Gasteiger partial charge in [-0.25, -0.2) is 0 Å². The SMILES string of the molecule is C=C1CCCCS1.CC. The molecule has 0 N–H and O–H groups in total. The van der Waals surface area contributed by atoms with Gasteiger partial charge < -0.3 is 0 Å². The van der Waals surface area contributed by atoms with Crippen molar-refractivity contribution in [1.82, 2.24) is 0 Å². The highest BCUT2D eigenvalue weighted by molar-refractivity contribution is 8.03. The topological polar surface area (TPSA) is 0 Å². The van der Waals surface area contributed by atoms with E-state index in [0.717, 1.165) is 0 Å². The van der Waals surface area contributed by atoms with E-state index in [1.54, 1.807) is 0 Å². The van der Waals surface area contributed by atoms with Crippen LogP contribution in [0.5, 0.6) is 0 Å². The number of hydrogen-bond donors (Lipinski definition) is 0. The summed E-state index contributed by atoms with van der Waals surface area (Å²) in [6.07, 6.45) is 4.01. The molecule has 0 atom stereocenters. The molecule has 0 unspecified atom stereocenters. The summed E-state index contributed by atoms with van der Waals surface area (Å²) in [6, 6.07) is 0. The van der Waals surface area contributed by atoms with E-state index in [-0.39, 0.29) is 0 Å². The lowest BCUT2D eigenvalue weighted by molar-refractivity contribution is 0.801. The monoisotopic (exact) mass is 144 g/mol. The summed E-state index contributed by atoms with van der Waals surface area (Å²) >= 11 is 1.92. The lowest BCUT2D eigenvalue weighted by atomic mass is 10.2. The summed E-state index contributed by atoms with van der Waals surface area (Å²) in [4.78, 5) is 1.38. The Morgan fingerprint density at radius 3 is 2.22 bits per heavy atom. The van der Waals surface area contributed by atoms with Crippen LogP contribution in [-0.4, -0.2) is 5.75 Å². The van der Waals surface area contributed by atoms with Crippen LogP contribution in [0, 0.1) is 0 Å². The van der Waals surface area contributed by atoms with Crippen LogP contribution in [0.4, 0.5) is 0 Å². The van der Waals surface area contributed by atoms with Crippen molar-refractivity contribution < 1.29 is 0 Å². The third kappa shape index (κ3) is 4.58. The molecule has 0 bridgehead atoms. The molecular formula is C8H16S. The second-order valence-electron chi connectivity index (χ2n) is 1.84. The molecule has 1 aliphatic rings. The summed E-state index contributed by atoms with van der Waals surface area (Å²) in [7, 11) is 0. The Bertz CT molecular complexity index is 68.6. The Labute approximate surface area is 62.7 Å². The Kier molecular flexibility index (Phi) is 6.28. The predicted octanol–water partition coefficient (Wildman–Crippen LogP) is 3.44. The maximum atomic E-state index is 3.88. The minimum atomic E-state index is 1.25. The van der Waals surface area contributed by atoms with E-state index in [9.17, 15) is 0 Å². The van der Waals surface area contributed by atoms with Crippen molar-refractivity contribution in [2.75, 3.05) is 5.75 Å². The van der Waals surface area contributed by atoms with Gasteiger partial charge in [0.1, 0.15) is 0 Å². The van der Waals surface area contributed by atoms with Gasteiger partial charge in [0.05, 0.1) is 0 Å². The number of hydrogen-bond acceptors (Lipinski definition) is 1. The van der Waals surface area contributed by atoms with Crippen molar-refractivity contribution in [2.45, 2.75) is 33.1 Å². The second kappa shape index (κ2) is 6.21. The third-order valence-corrected chi connectivity index (χ3v) is 2.26. The summed E-state index contributed by atoms with van der Waals surface area (Å²) in [5.74, 6) is 1.30. The molecule has 0 spiro atoms. The summed E-state index contributed by atoms with van der Waals surface area (Å²) < 4.78 is 0. The molecule has 1 aliphatic heterocycles. The highest BCUT2D eigenvalue weighted by atomic mass is 32.2. The molecule has 1 rings (SSSR count). The van der Waals surface area contributed by atoms with E-state index in [0.29, 0.717) is 0 Å². The first kappa shape index (κ1) is 9.09. The first-order chi connectivity index (χ1) is 4.39. The zero-order valence-corrected chi connectivity index (χ0v) is 7.26. The zero-order chi connectivity index (χ0) is 7.11. The lowest BCUT2D eigenvalue weighted by Gasteiger charge is -2.09. The molecule has 0 aromatic heterocycles. The van der Waals surface area contributed by atoms with E-state index in [1.165, 1.54) is 29.9 Å². The van der Waals surface area contributed by atoms with Gasteiger partial charge in [-0.1, -0.05) is 20.4 Å². The van der Waals surface area contributed by atoms with Gasteiger partial charge in [0.2, 0.25) is 0 Å². The second-order valence-corrected chi connectivity index (χ2v) is 3.12. The van der Waals surface area contributed by atoms with Crippen molar-refractivity contribution in [1.29, 1.82) is 0 Å². The van der Waals surface area contributed by atoms with E-state index in [1.807, 2.05) is 25.6 Å². The maximum Gasteiger partial charge on any atom is -0.00233 e. The van der Waals surface area contributed by atoms with Crippen molar-refractivity contribution in [3.05, 3.63) is 11.5 Å². The average molecular weight is 144 g/mol. The molecule has 9 heavy (non-hydrogen) atoms. The van der Waals surface area contributed by atoms with Gasteiger partial charge in [-0.15, -0.1) is 11.8 Å². The van der Waals surface area contributed by atoms with Gasteiger partial charge in [-0.3, -0.25) is 0 Å². The van der Waals surface area contributed by atoms with Gasteiger partial charge in [-0.2, -0.15) is 0 Å². The van der Waals surface area contributed by atoms with Crippen LogP contribution in [0.3, 0.4) is 0 Å². The van der Waals surface area contributed by atoms with Crippen LogP contribution >= 0.6 is 11.8 Å². The standard InChI is InChI=1S/C6H10S.C2H6/c1-6-4-2-3-5-7-6;1-2/h1-5H2;1-2H3. The minimum absolute atomic E-state index is 1.25. The molecule has 0 amide bonds. The number of thioether (sulfide) groups is 1. The molecule has 1 heteroatoms. The average Bonchev–Trinajstić information content (AvgIpc) is 1.94. The molecule has 0 nitrogen and oxygen atoms in total. The van der Waals surface area contributed by atoms with Crippen LogP contribution in [-0.2, 0) is 0 Å². The summed E-state index contributed by atoms with van der Waals surface area (Å²) in [6.45, 7) is 7.88. The molecule has 54 valence electrons. The van der Waals surface area contributed by atoms with Gasteiger partial charge in [-0.05, 0) is 29.9 Å². The number of allylic oxidation sites excluding steroid dienone is 1. The van der Waals surface area contributed by atoms with Crippen LogP contribution in [0.15, 0.2) is 11.5 Å². The van der Waals surface area contributed by atoms with Crippen LogP contribution in [0.2, 0.25) is 0 Å². The van der Waals surface area contributed by atoms with Crippen molar-refractivity contribution in [2.24, 2.45) is 0 Å². The summed E-state index contributed by atoms with van der Waals surface area (Å²) in [5.41, 5.74) is 0. The molecule has 0 radical (unpaired) electrons. The Balaban J connectivity index is 0.000000291. The maximum absolute atomic E-state index is 3.88. The largest absolute Gasteiger partial charge is 0.131 e. The third-order valence-electron chi connectivity index (χ3n) is 1.16. The molecule has 1 fully saturated rings. The smallest absolute Gasteiger partial charge is 0.00233 e.